The Labute approximate surface area is 158 Å². The van der Waals surface area contributed by atoms with Crippen molar-refractivity contribution in [1.82, 2.24) is 9.62 Å². The molecule has 2 aromatic rings. The van der Waals surface area contributed by atoms with Gasteiger partial charge in [-0.15, -0.1) is 0 Å². The van der Waals surface area contributed by atoms with Gasteiger partial charge in [-0.2, -0.15) is 4.31 Å². The fourth-order valence-corrected chi connectivity index (χ4v) is 4.33. The predicted molar refractivity (Wildman–Crippen MR) is 98.5 cm³/mol. The van der Waals surface area contributed by atoms with Gasteiger partial charge >= 0.3 is 0 Å². The minimum atomic E-state index is -4.01. The molecule has 8 heteroatoms. The number of carbonyl (C=O) groups is 1. The topological polar surface area (TPSA) is 75.7 Å². The van der Waals surface area contributed by atoms with E-state index in [0.717, 1.165) is 17.7 Å². The lowest BCUT2D eigenvalue weighted by Crippen LogP contribution is -2.41. The zero-order valence-electron chi connectivity index (χ0n) is 14.7. The summed E-state index contributed by atoms with van der Waals surface area (Å²) < 4.78 is 45.9. The highest BCUT2D eigenvalue weighted by molar-refractivity contribution is 7.89. The molecule has 3 rings (SSSR count). The van der Waals surface area contributed by atoms with Crippen LogP contribution in [0.25, 0.3) is 0 Å². The van der Waals surface area contributed by atoms with Gasteiger partial charge in [-0.3, -0.25) is 4.79 Å². The number of sulfonamides is 1. The molecule has 144 valence electrons. The second-order valence-electron chi connectivity index (χ2n) is 6.15. The van der Waals surface area contributed by atoms with Crippen LogP contribution in [0, 0.1) is 5.82 Å². The van der Waals surface area contributed by atoms with E-state index in [1.165, 1.54) is 10.4 Å². The number of morpholine rings is 1. The number of carbonyl (C=O) groups excluding carboxylic acids is 1. The summed E-state index contributed by atoms with van der Waals surface area (Å²) in [5, 5.41) is 2.74. The number of halogens is 1. The minimum absolute atomic E-state index is 0.108. The van der Waals surface area contributed by atoms with E-state index in [0.29, 0.717) is 13.0 Å². The Bertz CT molecular complexity index is 897. The molecule has 0 aliphatic carbocycles. The standard InChI is InChI=1S/C19H21FN2O4S/c20-17-7-6-16(19(23)21-9-8-15-4-2-1-3-5-15)14-18(17)27(24,25)22-10-12-26-13-11-22/h1-7,14H,8-13H2,(H,21,23). The Hall–Kier alpha value is -2.29. The molecule has 2 aromatic carbocycles. The Kier molecular flexibility index (Phi) is 6.20. The van der Waals surface area contributed by atoms with E-state index < -0.39 is 26.6 Å². The first kappa shape index (κ1) is 19.5. The Morgan fingerprint density at radius 1 is 1.11 bits per heavy atom. The van der Waals surface area contributed by atoms with Crippen molar-refractivity contribution in [2.24, 2.45) is 0 Å². The molecular weight excluding hydrogens is 371 g/mol. The van der Waals surface area contributed by atoms with E-state index >= 15 is 0 Å². The lowest BCUT2D eigenvalue weighted by Gasteiger charge is -2.26. The Morgan fingerprint density at radius 2 is 1.81 bits per heavy atom. The first-order chi connectivity index (χ1) is 13.0. The minimum Gasteiger partial charge on any atom is -0.379 e. The van der Waals surface area contributed by atoms with Gasteiger partial charge in [-0.1, -0.05) is 30.3 Å². The van der Waals surface area contributed by atoms with Gasteiger partial charge in [0.25, 0.3) is 5.91 Å². The van der Waals surface area contributed by atoms with Crippen molar-refractivity contribution in [2.75, 3.05) is 32.8 Å². The highest BCUT2D eigenvalue weighted by Gasteiger charge is 2.29. The molecule has 0 atom stereocenters. The monoisotopic (exact) mass is 392 g/mol. The van der Waals surface area contributed by atoms with Crippen molar-refractivity contribution in [3.63, 3.8) is 0 Å². The molecule has 0 aromatic heterocycles. The first-order valence-electron chi connectivity index (χ1n) is 8.68. The van der Waals surface area contributed by atoms with E-state index in [2.05, 4.69) is 5.32 Å². The maximum absolute atomic E-state index is 14.2. The second kappa shape index (κ2) is 8.60. The van der Waals surface area contributed by atoms with Crippen LogP contribution in [0.1, 0.15) is 15.9 Å². The van der Waals surface area contributed by atoms with Gasteiger partial charge in [0.2, 0.25) is 10.0 Å². The highest BCUT2D eigenvalue weighted by Crippen LogP contribution is 2.21. The SMILES string of the molecule is O=C(NCCc1ccccc1)c1ccc(F)c(S(=O)(=O)N2CCOCC2)c1. The molecule has 1 N–H and O–H groups in total. The van der Waals surface area contributed by atoms with Crippen molar-refractivity contribution in [1.29, 1.82) is 0 Å². The number of nitrogens with one attached hydrogen (secondary N) is 1. The van der Waals surface area contributed by atoms with Crippen LogP contribution in [0.3, 0.4) is 0 Å². The van der Waals surface area contributed by atoms with Crippen LogP contribution < -0.4 is 5.32 Å². The average Bonchev–Trinajstić information content (AvgIpc) is 2.69. The molecule has 0 unspecified atom stereocenters. The van der Waals surface area contributed by atoms with Gasteiger partial charge in [0, 0.05) is 25.2 Å². The molecule has 6 nitrogen and oxygen atoms in total. The Balaban J connectivity index is 1.71. The number of hydrogen-bond donors (Lipinski definition) is 1. The molecule has 27 heavy (non-hydrogen) atoms. The highest BCUT2D eigenvalue weighted by atomic mass is 32.2. The smallest absolute Gasteiger partial charge is 0.251 e. The van der Waals surface area contributed by atoms with Gasteiger partial charge in [-0.05, 0) is 30.2 Å². The normalized spacial score (nSPS) is 15.4. The molecule has 0 saturated carbocycles. The zero-order chi connectivity index (χ0) is 19.3. The third-order valence-electron chi connectivity index (χ3n) is 4.32. The van der Waals surface area contributed by atoms with Gasteiger partial charge in [0.1, 0.15) is 10.7 Å². The van der Waals surface area contributed by atoms with E-state index in [9.17, 15) is 17.6 Å². The number of amides is 1. The molecule has 1 aliphatic heterocycles. The Morgan fingerprint density at radius 3 is 2.52 bits per heavy atom. The summed E-state index contributed by atoms with van der Waals surface area (Å²) in [6.45, 7) is 1.25. The third-order valence-corrected chi connectivity index (χ3v) is 6.24. The number of ether oxygens (including phenoxy) is 1. The summed E-state index contributed by atoms with van der Waals surface area (Å²) in [6.07, 6.45) is 0.646. The van der Waals surface area contributed by atoms with Crippen molar-refractivity contribution in [2.45, 2.75) is 11.3 Å². The molecule has 0 spiro atoms. The third kappa shape index (κ3) is 4.71. The summed E-state index contributed by atoms with van der Waals surface area (Å²) in [5.41, 5.74) is 1.18. The molecule has 1 heterocycles. The second-order valence-corrected chi connectivity index (χ2v) is 8.06. The fraction of sp³-hybridized carbons (Fsp3) is 0.316. The maximum Gasteiger partial charge on any atom is 0.251 e. The largest absolute Gasteiger partial charge is 0.379 e. The number of hydrogen-bond acceptors (Lipinski definition) is 4. The number of nitrogens with zero attached hydrogens (tertiary/aromatic N) is 1. The maximum atomic E-state index is 14.2. The van der Waals surface area contributed by atoms with Gasteiger partial charge < -0.3 is 10.1 Å². The summed E-state index contributed by atoms with van der Waals surface area (Å²) >= 11 is 0. The van der Waals surface area contributed by atoms with Crippen LogP contribution in [0.2, 0.25) is 0 Å². The summed E-state index contributed by atoms with van der Waals surface area (Å²) in [7, 11) is -4.01. The average molecular weight is 392 g/mol. The van der Waals surface area contributed by atoms with Crippen molar-refractivity contribution in [3.05, 3.63) is 65.5 Å². The first-order valence-corrected chi connectivity index (χ1v) is 10.1. The van der Waals surface area contributed by atoms with Crippen molar-refractivity contribution >= 4 is 15.9 Å². The molecule has 0 bridgehead atoms. The van der Waals surface area contributed by atoms with Crippen LogP contribution in [-0.4, -0.2) is 51.5 Å². The molecule has 1 fully saturated rings. The summed E-state index contributed by atoms with van der Waals surface area (Å²) in [6, 6.07) is 13.0. The molecular formula is C19H21FN2O4S. The van der Waals surface area contributed by atoms with Crippen LogP contribution in [0.4, 0.5) is 4.39 Å². The van der Waals surface area contributed by atoms with Gasteiger partial charge in [0.15, 0.2) is 0 Å². The van der Waals surface area contributed by atoms with Gasteiger partial charge in [0.05, 0.1) is 13.2 Å². The molecule has 1 aliphatic rings. The van der Waals surface area contributed by atoms with Crippen LogP contribution >= 0.6 is 0 Å². The lowest BCUT2D eigenvalue weighted by molar-refractivity contribution is 0.0729. The van der Waals surface area contributed by atoms with Gasteiger partial charge in [-0.25, -0.2) is 12.8 Å². The van der Waals surface area contributed by atoms with E-state index in [-0.39, 0.29) is 31.9 Å². The molecule has 1 amide bonds. The summed E-state index contributed by atoms with van der Waals surface area (Å²) in [4.78, 5) is 11.9. The lowest BCUT2D eigenvalue weighted by atomic mass is 10.1. The van der Waals surface area contributed by atoms with Crippen LogP contribution in [-0.2, 0) is 21.2 Å². The quantitative estimate of drug-likeness (QED) is 0.814. The van der Waals surface area contributed by atoms with E-state index in [1.54, 1.807) is 0 Å². The van der Waals surface area contributed by atoms with Crippen LogP contribution in [0.15, 0.2) is 53.4 Å². The molecule has 1 saturated heterocycles. The summed E-state index contributed by atoms with van der Waals surface area (Å²) in [5.74, 6) is -1.31. The predicted octanol–water partition coefficient (Wildman–Crippen LogP) is 1.82. The fourth-order valence-electron chi connectivity index (χ4n) is 2.84. The van der Waals surface area contributed by atoms with Crippen molar-refractivity contribution in [3.8, 4) is 0 Å². The molecule has 0 radical (unpaired) electrons. The zero-order valence-corrected chi connectivity index (χ0v) is 15.5. The number of rotatable bonds is 6. The van der Waals surface area contributed by atoms with Crippen LogP contribution in [0.5, 0.6) is 0 Å². The number of benzene rings is 2. The van der Waals surface area contributed by atoms with Crippen molar-refractivity contribution < 1.29 is 22.3 Å². The van der Waals surface area contributed by atoms with E-state index in [4.69, 9.17) is 4.74 Å². The van der Waals surface area contributed by atoms with E-state index in [1.807, 2.05) is 30.3 Å².